The number of ether oxygens (including phenoxy) is 1. The lowest BCUT2D eigenvalue weighted by molar-refractivity contribution is -0.170. The number of nitrogens with zero attached hydrogens (tertiary/aromatic N) is 1. The van der Waals surface area contributed by atoms with Crippen LogP contribution in [0.15, 0.2) is 42.5 Å². The second-order valence-electron chi connectivity index (χ2n) is 8.25. The standard InChI is InChI=1S/C20H24N2O6S/c1-12-11-29(26,27)18-15(21-14(23)10-13-8-6-5-7-9-13)17(24)22(18)16(12)19(25)28-20(2,3)4/h5-9,15-16,18H,1,10-11H2,2-4H3,(H,21,23)/t15-,16?,18-/m1/s1. The topological polar surface area (TPSA) is 110 Å². The van der Waals surface area contributed by atoms with Crippen LogP contribution in [0.3, 0.4) is 0 Å². The van der Waals surface area contributed by atoms with Crippen LogP contribution >= 0.6 is 0 Å². The zero-order valence-electron chi connectivity index (χ0n) is 16.5. The molecule has 2 aliphatic rings. The minimum atomic E-state index is -3.80. The van der Waals surface area contributed by atoms with Crippen LogP contribution in [0.2, 0.25) is 0 Å². The summed E-state index contributed by atoms with van der Waals surface area (Å²) in [5.41, 5.74) is 0.0125. The Balaban J connectivity index is 1.78. The highest BCUT2D eigenvalue weighted by atomic mass is 32.2. The Morgan fingerprint density at radius 3 is 2.45 bits per heavy atom. The van der Waals surface area contributed by atoms with Crippen molar-refractivity contribution in [1.29, 1.82) is 0 Å². The van der Waals surface area contributed by atoms with Gasteiger partial charge in [0.2, 0.25) is 5.91 Å². The van der Waals surface area contributed by atoms with Gasteiger partial charge in [0, 0.05) is 0 Å². The molecule has 8 nitrogen and oxygen atoms in total. The van der Waals surface area contributed by atoms with Gasteiger partial charge in [-0.1, -0.05) is 36.9 Å². The summed E-state index contributed by atoms with van der Waals surface area (Å²) >= 11 is 0. The molecule has 3 rings (SSSR count). The molecule has 0 aliphatic carbocycles. The molecular formula is C20H24N2O6S. The van der Waals surface area contributed by atoms with Crippen molar-refractivity contribution in [3.63, 3.8) is 0 Å². The molecule has 1 aromatic carbocycles. The average molecular weight is 420 g/mol. The van der Waals surface area contributed by atoms with Crippen molar-refractivity contribution in [3.05, 3.63) is 48.0 Å². The van der Waals surface area contributed by atoms with E-state index in [1.165, 1.54) is 0 Å². The van der Waals surface area contributed by atoms with Crippen molar-refractivity contribution in [3.8, 4) is 0 Å². The fraction of sp³-hybridized carbons (Fsp3) is 0.450. The third-order valence-corrected chi connectivity index (χ3v) is 6.66. The zero-order valence-corrected chi connectivity index (χ0v) is 17.4. The molecule has 3 atom stereocenters. The van der Waals surface area contributed by atoms with E-state index in [4.69, 9.17) is 4.74 Å². The lowest BCUT2D eigenvalue weighted by atomic mass is 9.98. The van der Waals surface area contributed by atoms with E-state index < -0.39 is 56.4 Å². The lowest BCUT2D eigenvalue weighted by Crippen LogP contribution is -2.78. The fourth-order valence-corrected chi connectivity index (χ4v) is 5.55. The number of hydrogen-bond acceptors (Lipinski definition) is 6. The summed E-state index contributed by atoms with van der Waals surface area (Å²) < 4.78 is 30.6. The first kappa shape index (κ1) is 21.0. The summed E-state index contributed by atoms with van der Waals surface area (Å²) in [5, 5.41) is 1.19. The summed E-state index contributed by atoms with van der Waals surface area (Å²) in [4.78, 5) is 38.6. The van der Waals surface area contributed by atoms with Gasteiger partial charge in [0.05, 0.1) is 12.2 Å². The molecule has 0 radical (unpaired) electrons. The highest BCUT2D eigenvalue weighted by Crippen LogP contribution is 2.37. The SMILES string of the molecule is C=C1CS(=O)(=O)[C@@H]2[C@H](NC(=O)Cc3ccccc3)C(=O)N2C1C(=O)OC(C)(C)C. The van der Waals surface area contributed by atoms with Gasteiger partial charge in [0.15, 0.2) is 21.3 Å². The molecule has 0 bridgehead atoms. The lowest BCUT2D eigenvalue weighted by Gasteiger charge is -2.52. The summed E-state index contributed by atoms with van der Waals surface area (Å²) in [7, 11) is -3.80. The van der Waals surface area contributed by atoms with Gasteiger partial charge in [-0.2, -0.15) is 0 Å². The number of rotatable bonds is 4. The Hall–Kier alpha value is -2.68. The Bertz CT molecular complexity index is 964. The smallest absolute Gasteiger partial charge is 0.333 e. The highest BCUT2D eigenvalue weighted by molar-refractivity contribution is 7.92. The van der Waals surface area contributed by atoms with E-state index in [9.17, 15) is 22.8 Å². The number of hydrogen-bond donors (Lipinski definition) is 1. The van der Waals surface area contributed by atoms with Gasteiger partial charge >= 0.3 is 5.97 Å². The third-order valence-electron chi connectivity index (χ3n) is 4.65. The number of carbonyl (C=O) groups excluding carboxylic acids is 3. The first-order valence-electron chi connectivity index (χ1n) is 9.18. The minimum Gasteiger partial charge on any atom is -0.458 e. The molecule has 0 aromatic heterocycles. The molecule has 2 amide bonds. The third kappa shape index (κ3) is 4.19. The molecule has 156 valence electrons. The van der Waals surface area contributed by atoms with Crippen LogP contribution in [0.4, 0.5) is 0 Å². The predicted octanol–water partition coefficient (Wildman–Crippen LogP) is 0.577. The molecule has 2 fully saturated rings. The first-order valence-corrected chi connectivity index (χ1v) is 10.9. The number of amides is 2. The summed E-state index contributed by atoms with van der Waals surface area (Å²) in [5.74, 6) is -2.29. The fourth-order valence-electron chi connectivity index (χ4n) is 3.54. The number of sulfone groups is 1. The van der Waals surface area contributed by atoms with Crippen LogP contribution in [0.5, 0.6) is 0 Å². The van der Waals surface area contributed by atoms with Gasteiger partial charge < -0.3 is 15.0 Å². The molecule has 0 saturated carbocycles. The Kier molecular flexibility index (Phi) is 5.29. The van der Waals surface area contributed by atoms with Crippen LogP contribution in [0.25, 0.3) is 0 Å². The van der Waals surface area contributed by atoms with E-state index in [2.05, 4.69) is 11.9 Å². The molecule has 2 heterocycles. The number of β-lactam (4-membered cyclic amide) rings is 1. The minimum absolute atomic E-state index is 0.0135. The van der Waals surface area contributed by atoms with Crippen molar-refractivity contribution in [2.45, 2.75) is 50.3 Å². The van der Waals surface area contributed by atoms with Gasteiger partial charge in [0.25, 0.3) is 5.91 Å². The van der Waals surface area contributed by atoms with Crippen LogP contribution < -0.4 is 5.32 Å². The monoisotopic (exact) mass is 420 g/mol. The van der Waals surface area contributed by atoms with Crippen LogP contribution in [0.1, 0.15) is 26.3 Å². The van der Waals surface area contributed by atoms with Gasteiger partial charge in [-0.25, -0.2) is 13.2 Å². The second kappa shape index (κ2) is 7.29. The van der Waals surface area contributed by atoms with E-state index in [0.717, 1.165) is 10.5 Å². The van der Waals surface area contributed by atoms with Crippen molar-refractivity contribution >= 4 is 27.6 Å². The maximum absolute atomic E-state index is 12.7. The number of benzene rings is 1. The molecule has 1 N–H and O–H groups in total. The van der Waals surface area contributed by atoms with E-state index in [1.807, 2.05) is 6.07 Å². The Morgan fingerprint density at radius 2 is 1.86 bits per heavy atom. The van der Waals surface area contributed by atoms with Crippen molar-refractivity contribution in [1.82, 2.24) is 10.2 Å². The molecule has 2 saturated heterocycles. The summed E-state index contributed by atoms with van der Waals surface area (Å²) in [6, 6.07) is 6.48. The van der Waals surface area contributed by atoms with Gasteiger partial charge in [-0.3, -0.25) is 9.59 Å². The van der Waals surface area contributed by atoms with Crippen LogP contribution in [0, 0.1) is 0 Å². The summed E-state index contributed by atoms with van der Waals surface area (Å²) in [6.45, 7) is 8.70. The average Bonchev–Trinajstić information content (AvgIpc) is 2.58. The van der Waals surface area contributed by atoms with Crippen molar-refractivity contribution < 1.29 is 27.5 Å². The molecule has 29 heavy (non-hydrogen) atoms. The molecular weight excluding hydrogens is 396 g/mol. The normalized spacial score (nSPS) is 25.6. The van der Waals surface area contributed by atoms with Crippen LogP contribution in [-0.2, 0) is 35.4 Å². The van der Waals surface area contributed by atoms with E-state index in [0.29, 0.717) is 0 Å². The maximum Gasteiger partial charge on any atom is 0.333 e. The second-order valence-corrected chi connectivity index (χ2v) is 10.3. The summed E-state index contributed by atoms with van der Waals surface area (Å²) in [6.07, 6.45) is 0.0135. The first-order chi connectivity index (χ1) is 13.4. The van der Waals surface area contributed by atoms with E-state index >= 15 is 0 Å². The van der Waals surface area contributed by atoms with E-state index in [1.54, 1.807) is 45.0 Å². The van der Waals surface area contributed by atoms with Crippen molar-refractivity contribution in [2.24, 2.45) is 0 Å². The van der Waals surface area contributed by atoms with Gasteiger partial charge in [-0.05, 0) is 31.9 Å². The predicted molar refractivity (Wildman–Crippen MR) is 105 cm³/mol. The molecule has 1 unspecified atom stereocenters. The number of fused-ring (bicyclic) bond motifs is 1. The molecule has 9 heteroatoms. The quantitative estimate of drug-likeness (QED) is 0.433. The Labute approximate surface area is 169 Å². The van der Waals surface area contributed by atoms with E-state index in [-0.39, 0.29) is 12.0 Å². The molecule has 0 spiro atoms. The van der Waals surface area contributed by atoms with Crippen molar-refractivity contribution in [2.75, 3.05) is 5.75 Å². The van der Waals surface area contributed by atoms with Crippen LogP contribution in [-0.4, -0.2) is 59.9 Å². The molecule has 1 aromatic rings. The molecule has 2 aliphatic heterocycles. The number of carbonyl (C=O) groups is 3. The Morgan fingerprint density at radius 1 is 1.24 bits per heavy atom. The maximum atomic E-state index is 12.7. The highest BCUT2D eigenvalue weighted by Gasteiger charge is 2.62. The van der Waals surface area contributed by atoms with Gasteiger partial charge in [-0.15, -0.1) is 0 Å². The van der Waals surface area contributed by atoms with Gasteiger partial charge in [0.1, 0.15) is 11.6 Å². The number of nitrogens with one attached hydrogen (secondary N) is 1. The zero-order chi connectivity index (χ0) is 21.6. The number of esters is 1. The largest absolute Gasteiger partial charge is 0.458 e.